The number of ether oxygens (including phenoxy) is 1. The average Bonchev–Trinajstić information content (AvgIpc) is 2.26. The van der Waals surface area contributed by atoms with Crippen LogP contribution in [0.3, 0.4) is 0 Å². The van der Waals surface area contributed by atoms with Crippen molar-refractivity contribution in [3.63, 3.8) is 0 Å². The van der Waals surface area contributed by atoms with Gasteiger partial charge in [0, 0.05) is 13.2 Å². The first-order chi connectivity index (χ1) is 7.93. The minimum atomic E-state index is -0.730. The van der Waals surface area contributed by atoms with Crippen molar-refractivity contribution in [2.75, 3.05) is 20.3 Å². The van der Waals surface area contributed by atoms with Crippen molar-refractivity contribution < 1.29 is 14.6 Å². The largest absolute Gasteiger partial charge is 0.480 e. The molecular weight excluding hydrogens is 218 g/mol. The molecule has 0 bridgehead atoms. The molecule has 0 radical (unpaired) electrons. The number of likely N-dealkylation sites (tertiary alicyclic amines) is 1. The molecule has 1 aliphatic rings. The lowest BCUT2D eigenvalue weighted by Crippen LogP contribution is -2.61. The number of carbonyl (C=O) groups is 1. The molecule has 1 N–H and O–H groups in total. The predicted molar refractivity (Wildman–Crippen MR) is 67.1 cm³/mol. The van der Waals surface area contributed by atoms with Gasteiger partial charge in [0.2, 0.25) is 0 Å². The van der Waals surface area contributed by atoms with Crippen molar-refractivity contribution in [2.45, 2.75) is 51.6 Å². The number of rotatable bonds is 5. The predicted octanol–water partition coefficient (Wildman–Crippen LogP) is 1.99. The first-order valence-corrected chi connectivity index (χ1v) is 6.42. The van der Waals surface area contributed by atoms with Gasteiger partial charge in [-0.2, -0.15) is 0 Å². The van der Waals surface area contributed by atoms with Crippen LogP contribution in [0.25, 0.3) is 0 Å². The van der Waals surface area contributed by atoms with Crippen LogP contribution in [0.1, 0.15) is 40.0 Å². The van der Waals surface area contributed by atoms with E-state index >= 15 is 0 Å². The zero-order valence-electron chi connectivity index (χ0n) is 11.4. The minimum Gasteiger partial charge on any atom is -0.480 e. The minimum absolute atomic E-state index is 0.182. The monoisotopic (exact) mass is 243 g/mol. The summed E-state index contributed by atoms with van der Waals surface area (Å²) in [5, 5.41) is 9.48. The molecule has 1 fully saturated rings. The molecule has 0 spiro atoms. The lowest BCUT2D eigenvalue weighted by atomic mass is 9.85. The number of piperidine rings is 1. The number of carboxylic acid groups (broad SMARTS) is 1. The Bertz CT molecular complexity index is 267. The first kappa shape index (κ1) is 14.5. The molecule has 1 aliphatic heterocycles. The lowest BCUT2D eigenvalue weighted by Gasteiger charge is -2.47. The Morgan fingerprint density at radius 1 is 1.47 bits per heavy atom. The van der Waals surface area contributed by atoms with E-state index < -0.39 is 11.5 Å². The van der Waals surface area contributed by atoms with Crippen LogP contribution >= 0.6 is 0 Å². The number of aliphatic carboxylic acids is 1. The number of hydrogen-bond donors (Lipinski definition) is 1. The highest BCUT2D eigenvalue weighted by Crippen LogP contribution is 2.32. The summed E-state index contributed by atoms with van der Waals surface area (Å²) in [5.41, 5.74) is -0.730. The molecule has 17 heavy (non-hydrogen) atoms. The van der Waals surface area contributed by atoms with Gasteiger partial charge in [0.15, 0.2) is 0 Å². The summed E-state index contributed by atoms with van der Waals surface area (Å²) in [6.07, 6.45) is 2.81. The van der Waals surface area contributed by atoms with Gasteiger partial charge in [0.25, 0.3) is 0 Å². The molecule has 100 valence electrons. The maximum atomic E-state index is 11.5. The van der Waals surface area contributed by atoms with Gasteiger partial charge in [-0.05, 0) is 38.6 Å². The van der Waals surface area contributed by atoms with Crippen molar-refractivity contribution in [1.29, 1.82) is 0 Å². The average molecular weight is 243 g/mol. The van der Waals surface area contributed by atoms with E-state index in [1.807, 2.05) is 6.92 Å². The normalized spacial score (nSPS) is 28.3. The SMILES string of the molecule is COCC(C(C)C)N1CCCCC1(C)C(=O)O. The highest BCUT2D eigenvalue weighted by Gasteiger charge is 2.44. The van der Waals surface area contributed by atoms with Gasteiger partial charge in [-0.25, -0.2) is 0 Å². The topological polar surface area (TPSA) is 49.8 Å². The smallest absolute Gasteiger partial charge is 0.323 e. The van der Waals surface area contributed by atoms with Gasteiger partial charge in [0.05, 0.1) is 6.61 Å². The molecule has 4 nitrogen and oxygen atoms in total. The van der Waals surface area contributed by atoms with E-state index in [0.29, 0.717) is 12.5 Å². The Hall–Kier alpha value is -0.610. The quantitative estimate of drug-likeness (QED) is 0.802. The van der Waals surface area contributed by atoms with Crippen LogP contribution in [0.4, 0.5) is 0 Å². The van der Waals surface area contributed by atoms with E-state index in [4.69, 9.17) is 4.74 Å². The second kappa shape index (κ2) is 5.83. The van der Waals surface area contributed by atoms with Crippen molar-refractivity contribution >= 4 is 5.97 Å². The van der Waals surface area contributed by atoms with Crippen molar-refractivity contribution in [3.8, 4) is 0 Å². The molecule has 0 saturated carbocycles. The molecular formula is C13H25NO3. The molecule has 1 heterocycles. The maximum absolute atomic E-state index is 11.5. The molecule has 1 saturated heterocycles. The molecule has 0 aromatic carbocycles. The molecule has 4 heteroatoms. The summed E-state index contributed by atoms with van der Waals surface area (Å²) in [5.74, 6) is -0.314. The molecule has 0 aliphatic carbocycles. The summed E-state index contributed by atoms with van der Waals surface area (Å²) in [7, 11) is 1.68. The fourth-order valence-corrected chi connectivity index (χ4v) is 2.72. The van der Waals surface area contributed by atoms with Gasteiger partial charge in [-0.1, -0.05) is 13.8 Å². The molecule has 2 atom stereocenters. The van der Waals surface area contributed by atoms with Gasteiger partial charge in [0.1, 0.15) is 5.54 Å². The highest BCUT2D eigenvalue weighted by atomic mass is 16.5. The Kier molecular flexibility index (Phi) is 4.95. The lowest BCUT2D eigenvalue weighted by molar-refractivity contribution is -0.157. The number of nitrogens with zero attached hydrogens (tertiary/aromatic N) is 1. The van der Waals surface area contributed by atoms with Crippen molar-refractivity contribution in [1.82, 2.24) is 4.90 Å². The number of hydrogen-bond acceptors (Lipinski definition) is 3. The molecule has 0 amide bonds. The van der Waals surface area contributed by atoms with Crippen LogP contribution in [0.15, 0.2) is 0 Å². The summed E-state index contributed by atoms with van der Waals surface area (Å²) in [6.45, 7) is 7.55. The summed E-state index contributed by atoms with van der Waals surface area (Å²) >= 11 is 0. The summed E-state index contributed by atoms with van der Waals surface area (Å²) < 4.78 is 5.26. The van der Waals surface area contributed by atoms with Crippen molar-refractivity contribution in [2.24, 2.45) is 5.92 Å². The van der Waals surface area contributed by atoms with Crippen LogP contribution in [-0.4, -0.2) is 47.8 Å². The Labute approximate surface area is 104 Å². The zero-order chi connectivity index (χ0) is 13.1. The van der Waals surface area contributed by atoms with Crippen LogP contribution in [0, 0.1) is 5.92 Å². The Morgan fingerprint density at radius 3 is 2.59 bits per heavy atom. The summed E-state index contributed by atoms with van der Waals surface area (Å²) in [4.78, 5) is 13.7. The third-order valence-corrected chi connectivity index (χ3v) is 3.91. The van der Waals surface area contributed by atoms with E-state index in [1.54, 1.807) is 7.11 Å². The molecule has 0 aromatic heterocycles. The third kappa shape index (κ3) is 2.99. The Balaban J connectivity index is 2.92. The van der Waals surface area contributed by atoms with Gasteiger partial charge >= 0.3 is 5.97 Å². The number of methoxy groups -OCH3 is 1. The second-order valence-corrected chi connectivity index (χ2v) is 5.50. The standard InChI is InChI=1S/C13H25NO3/c1-10(2)11(9-17-4)14-8-6-5-7-13(14,3)12(15)16/h10-11H,5-9H2,1-4H3,(H,15,16). The van der Waals surface area contributed by atoms with E-state index in [1.165, 1.54) is 0 Å². The van der Waals surface area contributed by atoms with Crippen LogP contribution in [0.2, 0.25) is 0 Å². The fraction of sp³-hybridized carbons (Fsp3) is 0.923. The molecule has 0 aromatic rings. The first-order valence-electron chi connectivity index (χ1n) is 6.42. The van der Waals surface area contributed by atoms with Crippen LogP contribution in [0.5, 0.6) is 0 Å². The Morgan fingerprint density at radius 2 is 2.12 bits per heavy atom. The van der Waals surface area contributed by atoms with E-state index in [2.05, 4.69) is 18.7 Å². The van der Waals surface area contributed by atoms with Crippen LogP contribution < -0.4 is 0 Å². The van der Waals surface area contributed by atoms with Crippen LogP contribution in [-0.2, 0) is 9.53 Å². The van der Waals surface area contributed by atoms with E-state index in [9.17, 15) is 9.90 Å². The van der Waals surface area contributed by atoms with Crippen molar-refractivity contribution in [3.05, 3.63) is 0 Å². The highest BCUT2D eigenvalue weighted by molar-refractivity contribution is 5.78. The summed E-state index contributed by atoms with van der Waals surface area (Å²) in [6, 6.07) is 0.182. The fourth-order valence-electron chi connectivity index (χ4n) is 2.72. The van der Waals surface area contributed by atoms with E-state index in [-0.39, 0.29) is 6.04 Å². The third-order valence-electron chi connectivity index (χ3n) is 3.91. The zero-order valence-corrected chi connectivity index (χ0v) is 11.4. The molecule has 2 unspecified atom stereocenters. The second-order valence-electron chi connectivity index (χ2n) is 5.50. The van der Waals surface area contributed by atoms with Gasteiger partial charge in [-0.15, -0.1) is 0 Å². The maximum Gasteiger partial charge on any atom is 0.323 e. The van der Waals surface area contributed by atoms with Gasteiger partial charge < -0.3 is 9.84 Å². The molecule has 1 rings (SSSR count). The number of carboxylic acids is 1. The van der Waals surface area contributed by atoms with E-state index in [0.717, 1.165) is 25.8 Å². The van der Waals surface area contributed by atoms with Gasteiger partial charge in [-0.3, -0.25) is 9.69 Å².